The van der Waals surface area contributed by atoms with Crippen LogP contribution in [0.5, 0.6) is 5.75 Å². The molecule has 1 unspecified atom stereocenters. The van der Waals surface area contributed by atoms with Crippen molar-refractivity contribution in [1.82, 2.24) is 0 Å². The van der Waals surface area contributed by atoms with Gasteiger partial charge >= 0.3 is 0 Å². The van der Waals surface area contributed by atoms with Gasteiger partial charge in [-0.2, -0.15) is 0 Å². The summed E-state index contributed by atoms with van der Waals surface area (Å²) in [5.41, 5.74) is 2.88. The molecule has 2 aromatic carbocycles. The fraction of sp³-hybridized carbons (Fsp3) is 0.250. The van der Waals surface area contributed by atoms with Gasteiger partial charge < -0.3 is 4.74 Å². The first-order chi connectivity index (χ1) is 9.65. The van der Waals surface area contributed by atoms with Gasteiger partial charge in [-0.25, -0.2) is 8.78 Å². The molecule has 0 N–H and O–H groups in total. The summed E-state index contributed by atoms with van der Waals surface area (Å²) >= 11 is 3.55. The second-order valence-electron chi connectivity index (χ2n) is 4.86. The van der Waals surface area contributed by atoms with E-state index >= 15 is 0 Å². The number of benzene rings is 2. The van der Waals surface area contributed by atoms with Gasteiger partial charge in [-0.05, 0) is 47.7 Å². The van der Waals surface area contributed by atoms with Crippen molar-refractivity contribution in [3.8, 4) is 5.75 Å². The molecule has 0 aliphatic carbocycles. The van der Waals surface area contributed by atoms with Crippen LogP contribution in [-0.2, 0) is 6.42 Å². The molecule has 0 aromatic heterocycles. The van der Waals surface area contributed by atoms with Gasteiger partial charge in [0.05, 0.1) is 11.4 Å². The van der Waals surface area contributed by atoms with Gasteiger partial charge in [0.15, 0.2) is 11.6 Å². The molecule has 1 heterocycles. The fourth-order valence-corrected chi connectivity index (χ4v) is 2.97. The summed E-state index contributed by atoms with van der Waals surface area (Å²) in [7, 11) is 0. The lowest BCUT2D eigenvalue weighted by Crippen LogP contribution is -2.09. The Bertz CT molecular complexity index is 642. The molecule has 0 amide bonds. The van der Waals surface area contributed by atoms with Crippen molar-refractivity contribution in [3.05, 3.63) is 64.7 Å². The van der Waals surface area contributed by atoms with E-state index in [4.69, 9.17) is 4.74 Å². The van der Waals surface area contributed by atoms with Crippen molar-refractivity contribution >= 4 is 15.9 Å². The second-order valence-corrected chi connectivity index (χ2v) is 5.77. The topological polar surface area (TPSA) is 9.23 Å². The van der Waals surface area contributed by atoms with Crippen LogP contribution >= 0.6 is 15.9 Å². The average molecular weight is 339 g/mol. The Morgan fingerprint density at radius 1 is 1.00 bits per heavy atom. The summed E-state index contributed by atoms with van der Waals surface area (Å²) in [5.74, 6) is -0.731. The summed E-state index contributed by atoms with van der Waals surface area (Å²) in [6, 6.07) is 9.93. The number of halogens is 3. The van der Waals surface area contributed by atoms with Crippen LogP contribution in [0.15, 0.2) is 36.4 Å². The Morgan fingerprint density at radius 3 is 2.55 bits per heavy atom. The monoisotopic (exact) mass is 338 g/mol. The molecule has 1 aliphatic heterocycles. The predicted octanol–water partition coefficient (Wildman–Crippen LogP) is 4.77. The SMILES string of the molecule is Fc1ccc(C(Br)c2ccc3c(c2)CCCO3)cc1F. The molecule has 1 atom stereocenters. The number of rotatable bonds is 2. The molecule has 0 spiro atoms. The quantitative estimate of drug-likeness (QED) is 0.716. The molecule has 3 rings (SSSR count). The van der Waals surface area contributed by atoms with Crippen molar-refractivity contribution in [1.29, 1.82) is 0 Å². The van der Waals surface area contributed by atoms with Gasteiger partial charge in [0, 0.05) is 0 Å². The molecule has 104 valence electrons. The maximum absolute atomic E-state index is 13.3. The Balaban J connectivity index is 1.93. The molecule has 1 nitrogen and oxygen atoms in total. The van der Waals surface area contributed by atoms with E-state index in [1.165, 1.54) is 11.6 Å². The Kier molecular flexibility index (Phi) is 3.74. The molecule has 0 bridgehead atoms. The highest BCUT2D eigenvalue weighted by molar-refractivity contribution is 9.09. The summed E-state index contributed by atoms with van der Waals surface area (Å²) < 4.78 is 31.9. The Labute approximate surface area is 124 Å². The lowest BCUT2D eigenvalue weighted by atomic mass is 9.99. The summed E-state index contributed by atoms with van der Waals surface area (Å²) in [6.45, 7) is 0.757. The summed E-state index contributed by atoms with van der Waals surface area (Å²) in [6.07, 6.45) is 2.00. The molecule has 4 heteroatoms. The third-order valence-electron chi connectivity index (χ3n) is 3.46. The zero-order valence-corrected chi connectivity index (χ0v) is 12.3. The highest BCUT2D eigenvalue weighted by atomic mass is 79.9. The maximum Gasteiger partial charge on any atom is 0.159 e. The molecule has 0 fully saturated rings. The van der Waals surface area contributed by atoms with Gasteiger partial charge in [-0.3, -0.25) is 0 Å². The van der Waals surface area contributed by atoms with E-state index in [-0.39, 0.29) is 4.83 Å². The first-order valence-electron chi connectivity index (χ1n) is 6.50. The third kappa shape index (κ3) is 2.57. The van der Waals surface area contributed by atoms with Crippen molar-refractivity contribution in [2.45, 2.75) is 17.7 Å². The van der Waals surface area contributed by atoms with Crippen LogP contribution < -0.4 is 4.74 Å². The molecular formula is C16H13BrF2O. The molecule has 0 radical (unpaired) electrons. The molecule has 1 aliphatic rings. The van der Waals surface area contributed by atoms with Crippen molar-refractivity contribution in [2.75, 3.05) is 6.61 Å². The van der Waals surface area contributed by atoms with Crippen molar-refractivity contribution in [3.63, 3.8) is 0 Å². The molecular weight excluding hydrogens is 326 g/mol. The smallest absolute Gasteiger partial charge is 0.159 e. The van der Waals surface area contributed by atoms with E-state index in [1.54, 1.807) is 6.07 Å². The van der Waals surface area contributed by atoms with Gasteiger partial charge in [0.1, 0.15) is 5.75 Å². The third-order valence-corrected chi connectivity index (χ3v) is 4.52. The lowest BCUT2D eigenvalue weighted by molar-refractivity contribution is 0.288. The van der Waals surface area contributed by atoms with Crippen LogP contribution in [0.1, 0.15) is 27.9 Å². The molecule has 2 aromatic rings. The first kappa shape index (κ1) is 13.6. The van der Waals surface area contributed by atoms with Crippen molar-refractivity contribution in [2.24, 2.45) is 0 Å². The minimum absolute atomic E-state index is 0.162. The van der Waals surface area contributed by atoms with Gasteiger partial charge in [-0.15, -0.1) is 0 Å². The van der Waals surface area contributed by atoms with Crippen molar-refractivity contribution < 1.29 is 13.5 Å². The summed E-state index contributed by atoms with van der Waals surface area (Å²) in [4.78, 5) is -0.162. The predicted molar refractivity (Wildman–Crippen MR) is 77.4 cm³/mol. The number of hydrogen-bond donors (Lipinski definition) is 0. The number of fused-ring (bicyclic) bond motifs is 1. The van der Waals surface area contributed by atoms with Crippen LogP contribution in [0.4, 0.5) is 8.78 Å². The van der Waals surface area contributed by atoms with Crippen LogP contribution in [0, 0.1) is 11.6 Å². The molecule has 20 heavy (non-hydrogen) atoms. The zero-order chi connectivity index (χ0) is 14.1. The largest absolute Gasteiger partial charge is 0.493 e. The minimum atomic E-state index is -0.827. The zero-order valence-electron chi connectivity index (χ0n) is 10.7. The first-order valence-corrected chi connectivity index (χ1v) is 7.41. The average Bonchev–Trinajstić information content (AvgIpc) is 2.49. The minimum Gasteiger partial charge on any atom is -0.493 e. The van der Waals surface area contributed by atoms with Gasteiger partial charge in [-0.1, -0.05) is 34.1 Å². The van der Waals surface area contributed by atoms with Gasteiger partial charge in [0.25, 0.3) is 0 Å². The number of ether oxygens (including phenoxy) is 1. The second kappa shape index (κ2) is 5.52. The van der Waals surface area contributed by atoms with Crippen LogP contribution in [-0.4, -0.2) is 6.61 Å². The van der Waals surface area contributed by atoms with Gasteiger partial charge in [0.2, 0.25) is 0 Å². The maximum atomic E-state index is 13.3. The normalized spacial score (nSPS) is 15.3. The lowest BCUT2D eigenvalue weighted by Gasteiger charge is -2.19. The highest BCUT2D eigenvalue weighted by Gasteiger charge is 2.16. The van der Waals surface area contributed by atoms with Crippen LogP contribution in [0.25, 0.3) is 0 Å². The number of aryl methyl sites for hydroxylation is 1. The molecule has 0 saturated carbocycles. The fourth-order valence-electron chi connectivity index (χ4n) is 2.40. The van der Waals surface area contributed by atoms with E-state index in [2.05, 4.69) is 22.0 Å². The van der Waals surface area contributed by atoms with Crippen LogP contribution in [0.3, 0.4) is 0 Å². The summed E-state index contributed by atoms with van der Waals surface area (Å²) in [5, 5.41) is 0. The number of alkyl halides is 1. The Morgan fingerprint density at radius 2 is 1.75 bits per heavy atom. The standard InChI is InChI=1S/C16H13BrF2O/c17-16(12-3-5-13(18)14(19)9-12)11-4-6-15-10(8-11)2-1-7-20-15/h3-6,8-9,16H,1-2,7H2. The van der Waals surface area contributed by atoms with Crippen LogP contribution in [0.2, 0.25) is 0 Å². The number of hydrogen-bond acceptors (Lipinski definition) is 1. The Hall–Kier alpha value is -1.42. The van der Waals surface area contributed by atoms with E-state index in [0.29, 0.717) is 5.56 Å². The molecule has 0 saturated heterocycles. The van der Waals surface area contributed by atoms with E-state index in [9.17, 15) is 8.78 Å². The van der Waals surface area contributed by atoms with E-state index in [0.717, 1.165) is 36.8 Å². The highest BCUT2D eigenvalue weighted by Crippen LogP contribution is 2.35. The van der Waals surface area contributed by atoms with E-state index < -0.39 is 11.6 Å². The van der Waals surface area contributed by atoms with E-state index in [1.807, 2.05) is 12.1 Å².